The van der Waals surface area contributed by atoms with Gasteiger partial charge in [-0.3, -0.25) is 4.79 Å². The monoisotopic (exact) mass is 473 g/mol. The van der Waals surface area contributed by atoms with Gasteiger partial charge in [-0.2, -0.15) is 0 Å². The van der Waals surface area contributed by atoms with Crippen molar-refractivity contribution in [2.75, 3.05) is 5.32 Å². The molecule has 1 atom stereocenters. The van der Waals surface area contributed by atoms with Crippen LogP contribution in [0.1, 0.15) is 65.8 Å². The molecule has 32 heavy (non-hydrogen) atoms. The van der Waals surface area contributed by atoms with Crippen LogP contribution in [0.3, 0.4) is 0 Å². The molecule has 170 valence electrons. The lowest BCUT2D eigenvalue weighted by molar-refractivity contribution is -0.120. The van der Waals surface area contributed by atoms with Crippen molar-refractivity contribution < 1.29 is 18.0 Å². The second-order valence-corrected chi connectivity index (χ2v) is 12.3. The van der Waals surface area contributed by atoms with Crippen molar-refractivity contribution in [3.05, 3.63) is 44.8 Å². The topological polar surface area (TPSA) is 104 Å². The number of fused-ring (bicyclic) bond motifs is 3. The average molecular weight is 474 g/mol. The van der Waals surface area contributed by atoms with Gasteiger partial charge in [0.2, 0.25) is 5.91 Å². The summed E-state index contributed by atoms with van der Waals surface area (Å²) < 4.78 is 28.3. The van der Waals surface area contributed by atoms with E-state index in [0.717, 1.165) is 72.2 Å². The molecule has 1 aromatic heterocycles. The van der Waals surface area contributed by atoms with Gasteiger partial charge in [-0.1, -0.05) is 6.07 Å². The highest BCUT2D eigenvalue weighted by Gasteiger charge is 2.38. The molecule has 0 saturated heterocycles. The third kappa shape index (κ3) is 3.61. The number of thiophene rings is 1. The van der Waals surface area contributed by atoms with Gasteiger partial charge < -0.3 is 10.6 Å². The van der Waals surface area contributed by atoms with Crippen LogP contribution in [0.15, 0.2) is 16.3 Å². The maximum atomic E-state index is 13.0. The first-order chi connectivity index (χ1) is 15.2. The number of hydrogen-bond donors (Lipinski definition) is 3. The molecule has 3 N–H and O–H groups in total. The van der Waals surface area contributed by atoms with Crippen LogP contribution in [-0.2, 0) is 52.5 Å². The largest absolute Gasteiger partial charge is 0.347 e. The Morgan fingerprint density at radius 1 is 1.00 bits per heavy atom. The minimum absolute atomic E-state index is 0.0949. The van der Waals surface area contributed by atoms with E-state index >= 15 is 0 Å². The molecule has 7 nitrogen and oxygen atoms in total. The van der Waals surface area contributed by atoms with E-state index in [-0.39, 0.29) is 10.1 Å². The van der Waals surface area contributed by atoms with E-state index in [0.29, 0.717) is 6.42 Å². The van der Waals surface area contributed by atoms with Crippen molar-refractivity contribution in [2.45, 2.75) is 75.0 Å². The Balaban J connectivity index is 1.38. The van der Waals surface area contributed by atoms with Crippen LogP contribution < -0.4 is 15.4 Å². The Labute approximate surface area is 192 Å². The highest BCUT2D eigenvalue weighted by Crippen LogP contribution is 2.43. The van der Waals surface area contributed by atoms with Crippen LogP contribution in [0, 0.1) is 0 Å². The van der Waals surface area contributed by atoms with Gasteiger partial charge in [0.25, 0.3) is 10.0 Å². The molecule has 0 aliphatic heterocycles. The molecule has 1 heterocycles. The van der Waals surface area contributed by atoms with E-state index in [1.165, 1.54) is 29.4 Å². The summed E-state index contributed by atoms with van der Waals surface area (Å²) in [6.07, 6.45) is 7.36. The minimum Gasteiger partial charge on any atom is -0.347 e. The number of anilines is 1. The first kappa shape index (κ1) is 21.5. The molecule has 0 spiro atoms. The zero-order valence-electron chi connectivity index (χ0n) is 18.3. The number of urea groups is 1. The predicted octanol–water partition coefficient (Wildman–Crippen LogP) is 3.53. The van der Waals surface area contributed by atoms with Crippen LogP contribution in [-0.4, -0.2) is 20.4 Å². The van der Waals surface area contributed by atoms with E-state index in [1.807, 2.05) is 6.92 Å². The van der Waals surface area contributed by atoms with Crippen LogP contribution in [0.5, 0.6) is 0 Å². The number of carbonyl (C=O) groups is 2. The fourth-order valence-electron chi connectivity index (χ4n) is 5.48. The summed E-state index contributed by atoms with van der Waals surface area (Å²) in [7, 11) is -4.02. The smallest absolute Gasteiger partial charge is 0.333 e. The molecule has 0 saturated carbocycles. The molecule has 3 aliphatic rings. The highest BCUT2D eigenvalue weighted by molar-refractivity contribution is 7.92. The van der Waals surface area contributed by atoms with E-state index in [1.54, 1.807) is 6.07 Å². The van der Waals surface area contributed by atoms with Gasteiger partial charge in [0, 0.05) is 17.5 Å². The highest BCUT2D eigenvalue weighted by atomic mass is 32.2. The Bertz CT molecular complexity index is 1220. The molecular formula is C23H27N3O4S2. The second-order valence-electron chi connectivity index (χ2n) is 9.21. The third-order valence-electron chi connectivity index (χ3n) is 6.89. The van der Waals surface area contributed by atoms with Crippen molar-refractivity contribution in [1.29, 1.82) is 0 Å². The van der Waals surface area contributed by atoms with Crippen molar-refractivity contribution in [3.8, 4) is 0 Å². The molecule has 3 amide bonds. The van der Waals surface area contributed by atoms with Crippen molar-refractivity contribution in [1.82, 2.24) is 10.0 Å². The summed E-state index contributed by atoms with van der Waals surface area (Å²) in [6.45, 7) is 3.36. The van der Waals surface area contributed by atoms with Gasteiger partial charge in [-0.25, -0.2) is 17.9 Å². The Hall–Kier alpha value is -2.39. The van der Waals surface area contributed by atoms with Crippen LogP contribution in [0.4, 0.5) is 10.5 Å². The van der Waals surface area contributed by atoms with Gasteiger partial charge in [0.1, 0.15) is 4.21 Å². The third-order valence-corrected chi connectivity index (χ3v) is 9.89. The maximum absolute atomic E-state index is 13.0. The summed E-state index contributed by atoms with van der Waals surface area (Å²) in [4.78, 5) is 25.3. The number of sulfonamides is 1. The van der Waals surface area contributed by atoms with Crippen molar-refractivity contribution in [3.63, 3.8) is 0 Å². The maximum Gasteiger partial charge on any atom is 0.333 e. The molecule has 5 rings (SSSR count). The number of hydrogen-bond acceptors (Lipinski definition) is 5. The quantitative estimate of drug-likeness (QED) is 0.632. The van der Waals surface area contributed by atoms with Gasteiger partial charge in [0.15, 0.2) is 0 Å². The standard InChI is InChI=1S/C23H27N3O4S2/c1-13(27)25-23(2)10-9-19-18(23)12-20(31-19)32(29,30)26-22(28)24-21-16-7-3-5-14(16)11-15-6-4-8-17(15)21/h11-12H,3-10H2,1-2H3,(H,25,27)(H2,24,26,28). The number of amides is 3. The fraction of sp³-hybridized carbons (Fsp3) is 0.478. The lowest BCUT2D eigenvalue weighted by Crippen LogP contribution is -2.40. The van der Waals surface area contributed by atoms with E-state index < -0.39 is 21.6 Å². The van der Waals surface area contributed by atoms with Crippen LogP contribution >= 0.6 is 11.3 Å². The Morgan fingerprint density at radius 3 is 2.28 bits per heavy atom. The first-order valence-electron chi connectivity index (χ1n) is 11.1. The molecule has 0 fully saturated rings. The van der Waals surface area contributed by atoms with Gasteiger partial charge in [-0.05, 0) is 92.2 Å². The van der Waals surface area contributed by atoms with Gasteiger partial charge in [0.05, 0.1) is 5.54 Å². The average Bonchev–Trinajstić information content (AvgIpc) is 3.46. The number of rotatable bonds is 4. The van der Waals surface area contributed by atoms with Gasteiger partial charge >= 0.3 is 6.03 Å². The second kappa shape index (κ2) is 7.59. The Kier molecular flexibility index (Phi) is 5.09. The van der Waals surface area contributed by atoms with E-state index in [2.05, 4.69) is 21.4 Å². The predicted molar refractivity (Wildman–Crippen MR) is 124 cm³/mol. The molecule has 3 aliphatic carbocycles. The zero-order valence-corrected chi connectivity index (χ0v) is 19.9. The van der Waals surface area contributed by atoms with Crippen LogP contribution in [0.25, 0.3) is 0 Å². The van der Waals surface area contributed by atoms with Crippen molar-refractivity contribution >= 4 is 39.0 Å². The summed E-state index contributed by atoms with van der Waals surface area (Å²) in [5.74, 6) is -0.156. The SMILES string of the molecule is CC(=O)NC1(C)CCc2sc(S(=O)(=O)NC(=O)Nc3c4c(cc5c3CCC5)CCC4)cc21. The Morgan fingerprint density at radius 2 is 1.66 bits per heavy atom. The lowest BCUT2D eigenvalue weighted by Gasteiger charge is -2.25. The van der Waals surface area contributed by atoms with E-state index in [9.17, 15) is 18.0 Å². The number of aryl methyl sites for hydroxylation is 3. The van der Waals surface area contributed by atoms with Gasteiger partial charge in [-0.15, -0.1) is 11.3 Å². The van der Waals surface area contributed by atoms with E-state index in [4.69, 9.17) is 0 Å². The number of benzene rings is 1. The number of carbonyl (C=O) groups excluding carboxylic acids is 2. The van der Waals surface area contributed by atoms with Crippen molar-refractivity contribution in [2.24, 2.45) is 0 Å². The molecule has 0 bridgehead atoms. The molecule has 1 unspecified atom stereocenters. The first-order valence-corrected chi connectivity index (χ1v) is 13.4. The molecule has 1 aromatic carbocycles. The minimum atomic E-state index is -4.02. The molecular weight excluding hydrogens is 446 g/mol. The molecule has 2 aromatic rings. The normalized spacial score (nSPS) is 21.1. The fourth-order valence-corrected chi connectivity index (χ4v) is 8.04. The lowest BCUT2D eigenvalue weighted by atomic mass is 9.96. The molecule has 0 radical (unpaired) electrons. The molecule has 9 heteroatoms. The van der Waals surface area contributed by atoms with Crippen LogP contribution in [0.2, 0.25) is 0 Å². The zero-order chi connectivity index (χ0) is 22.7. The summed E-state index contributed by atoms with van der Waals surface area (Å²) >= 11 is 1.17. The summed E-state index contributed by atoms with van der Waals surface area (Å²) in [6, 6.07) is 3.14. The summed E-state index contributed by atoms with van der Waals surface area (Å²) in [5.41, 5.74) is 5.90. The number of nitrogens with one attached hydrogen (secondary N) is 3. The summed E-state index contributed by atoms with van der Waals surface area (Å²) in [5, 5.41) is 5.81.